The van der Waals surface area contributed by atoms with Crippen LogP contribution in [0, 0.1) is 0 Å². The summed E-state index contributed by atoms with van der Waals surface area (Å²) in [6, 6.07) is 15.5. The summed E-state index contributed by atoms with van der Waals surface area (Å²) < 4.78 is 32.3. The molecule has 0 radical (unpaired) electrons. The molecule has 0 fully saturated rings. The minimum atomic E-state index is -3.27. The van der Waals surface area contributed by atoms with E-state index in [1.807, 2.05) is 48.5 Å². The van der Waals surface area contributed by atoms with Crippen molar-refractivity contribution in [2.24, 2.45) is 0 Å². The van der Waals surface area contributed by atoms with Gasteiger partial charge in [0.1, 0.15) is 5.75 Å². The molecular formula is C17H19NO3S. The van der Waals surface area contributed by atoms with Crippen molar-refractivity contribution < 1.29 is 13.2 Å². The molecule has 1 N–H and O–H groups in total. The summed E-state index contributed by atoms with van der Waals surface area (Å²) in [5.74, 6) is 1.01. The topological polar surface area (TPSA) is 55.4 Å². The van der Waals surface area contributed by atoms with Crippen LogP contribution in [-0.2, 0) is 29.4 Å². The largest absolute Gasteiger partial charge is 0.493 e. The maximum Gasteiger partial charge on any atom is 0.212 e. The number of nitrogens with one attached hydrogen (secondary N) is 1. The number of aryl methyl sites for hydroxylation is 1. The summed E-state index contributed by atoms with van der Waals surface area (Å²) in [6.45, 7) is 1.03. The first-order chi connectivity index (χ1) is 10.6. The van der Waals surface area contributed by atoms with Crippen LogP contribution in [0.15, 0.2) is 48.5 Å². The van der Waals surface area contributed by atoms with Crippen molar-refractivity contribution in [2.45, 2.75) is 19.4 Å². The van der Waals surface area contributed by atoms with Gasteiger partial charge in [-0.2, -0.15) is 0 Å². The maximum atomic E-state index is 12.1. The Morgan fingerprint density at radius 1 is 1.05 bits per heavy atom. The Morgan fingerprint density at radius 2 is 1.86 bits per heavy atom. The highest BCUT2D eigenvalue weighted by molar-refractivity contribution is 7.89. The molecule has 2 aromatic rings. The zero-order chi connectivity index (χ0) is 15.4. The van der Waals surface area contributed by atoms with Crippen LogP contribution in [0.1, 0.15) is 16.7 Å². The van der Waals surface area contributed by atoms with Gasteiger partial charge < -0.3 is 4.74 Å². The predicted molar refractivity (Wildman–Crippen MR) is 86.4 cm³/mol. The van der Waals surface area contributed by atoms with Crippen LogP contribution in [-0.4, -0.2) is 20.8 Å². The number of fused-ring (bicyclic) bond motifs is 1. The van der Waals surface area contributed by atoms with E-state index in [0.29, 0.717) is 19.6 Å². The first-order valence-electron chi connectivity index (χ1n) is 7.38. The van der Waals surface area contributed by atoms with E-state index >= 15 is 0 Å². The standard InChI is InChI=1S/C17H19NO3S/c19-22(20,11-9-14-4-2-1-3-5-14)18-13-15-6-7-17-16(12-15)8-10-21-17/h1-7,12,18H,8-11,13H2. The maximum absolute atomic E-state index is 12.1. The third-order valence-corrected chi connectivity index (χ3v) is 5.08. The van der Waals surface area contributed by atoms with Crippen LogP contribution in [0.2, 0.25) is 0 Å². The van der Waals surface area contributed by atoms with Crippen LogP contribution in [0.5, 0.6) is 5.75 Å². The monoisotopic (exact) mass is 317 g/mol. The van der Waals surface area contributed by atoms with Crippen LogP contribution >= 0.6 is 0 Å². The van der Waals surface area contributed by atoms with Gasteiger partial charge in [-0.3, -0.25) is 0 Å². The fourth-order valence-corrected chi connectivity index (χ4v) is 3.55. The van der Waals surface area contributed by atoms with Gasteiger partial charge >= 0.3 is 0 Å². The quantitative estimate of drug-likeness (QED) is 0.889. The lowest BCUT2D eigenvalue weighted by molar-refractivity contribution is 0.357. The Balaban J connectivity index is 1.56. The lowest BCUT2D eigenvalue weighted by Gasteiger charge is -2.08. The van der Waals surface area contributed by atoms with E-state index in [2.05, 4.69) is 4.72 Å². The second-order valence-electron chi connectivity index (χ2n) is 5.42. The van der Waals surface area contributed by atoms with Crippen LogP contribution in [0.25, 0.3) is 0 Å². The number of rotatable bonds is 6. The molecule has 0 saturated heterocycles. The molecular weight excluding hydrogens is 298 g/mol. The zero-order valence-corrected chi connectivity index (χ0v) is 13.1. The summed E-state index contributed by atoms with van der Waals surface area (Å²) in [5, 5.41) is 0. The van der Waals surface area contributed by atoms with Gasteiger partial charge in [0.25, 0.3) is 0 Å². The molecule has 5 heteroatoms. The first-order valence-corrected chi connectivity index (χ1v) is 9.03. The molecule has 1 heterocycles. The molecule has 0 bridgehead atoms. The number of sulfonamides is 1. The highest BCUT2D eigenvalue weighted by Gasteiger charge is 2.14. The van der Waals surface area contributed by atoms with Gasteiger partial charge in [0.15, 0.2) is 0 Å². The molecule has 0 aromatic heterocycles. The molecule has 3 rings (SSSR count). The van der Waals surface area contributed by atoms with Gasteiger partial charge in [0, 0.05) is 13.0 Å². The first kappa shape index (κ1) is 15.1. The van der Waals surface area contributed by atoms with Crippen molar-refractivity contribution >= 4 is 10.0 Å². The Hall–Kier alpha value is -1.85. The molecule has 0 atom stereocenters. The van der Waals surface area contributed by atoms with Crippen molar-refractivity contribution in [3.05, 3.63) is 65.2 Å². The fourth-order valence-electron chi connectivity index (χ4n) is 2.51. The number of hydrogen-bond donors (Lipinski definition) is 1. The molecule has 4 nitrogen and oxygen atoms in total. The average Bonchev–Trinajstić information content (AvgIpc) is 3.00. The Kier molecular flexibility index (Phi) is 4.45. The van der Waals surface area contributed by atoms with E-state index in [1.165, 1.54) is 0 Å². The zero-order valence-electron chi connectivity index (χ0n) is 12.3. The summed E-state index contributed by atoms with van der Waals surface area (Å²) in [5.41, 5.74) is 3.15. The van der Waals surface area contributed by atoms with E-state index in [4.69, 9.17) is 4.74 Å². The highest BCUT2D eigenvalue weighted by atomic mass is 32.2. The molecule has 116 valence electrons. The predicted octanol–water partition coefficient (Wildman–Crippen LogP) is 2.28. The smallest absolute Gasteiger partial charge is 0.212 e. The molecule has 22 heavy (non-hydrogen) atoms. The third kappa shape index (κ3) is 3.87. The number of hydrogen-bond acceptors (Lipinski definition) is 3. The van der Waals surface area contributed by atoms with Crippen molar-refractivity contribution in [2.75, 3.05) is 12.4 Å². The average molecular weight is 317 g/mol. The van der Waals surface area contributed by atoms with Crippen LogP contribution in [0.3, 0.4) is 0 Å². The Labute approximate surface area is 131 Å². The molecule has 1 aliphatic rings. The molecule has 0 amide bonds. The SMILES string of the molecule is O=S(=O)(CCc1ccccc1)NCc1ccc2c(c1)CCO2. The van der Waals surface area contributed by atoms with Gasteiger partial charge in [-0.15, -0.1) is 0 Å². The van der Waals surface area contributed by atoms with Crippen LogP contribution < -0.4 is 9.46 Å². The molecule has 1 aliphatic heterocycles. The van der Waals surface area contributed by atoms with Crippen molar-refractivity contribution in [1.29, 1.82) is 0 Å². The van der Waals surface area contributed by atoms with E-state index in [1.54, 1.807) is 0 Å². The lowest BCUT2D eigenvalue weighted by Crippen LogP contribution is -2.26. The summed E-state index contributed by atoms with van der Waals surface area (Å²) >= 11 is 0. The van der Waals surface area contributed by atoms with Crippen LogP contribution in [0.4, 0.5) is 0 Å². The van der Waals surface area contributed by atoms with Gasteiger partial charge in [-0.25, -0.2) is 13.1 Å². The molecule has 2 aromatic carbocycles. The van der Waals surface area contributed by atoms with Crippen molar-refractivity contribution in [1.82, 2.24) is 4.72 Å². The highest BCUT2D eigenvalue weighted by Crippen LogP contribution is 2.25. The van der Waals surface area contributed by atoms with Crippen molar-refractivity contribution in [3.63, 3.8) is 0 Å². The van der Waals surface area contributed by atoms with E-state index in [0.717, 1.165) is 28.9 Å². The van der Waals surface area contributed by atoms with E-state index < -0.39 is 10.0 Å². The lowest BCUT2D eigenvalue weighted by atomic mass is 10.1. The summed E-state index contributed by atoms with van der Waals surface area (Å²) in [4.78, 5) is 0. The summed E-state index contributed by atoms with van der Waals surface area (Å²) in [7, 11) is -3.27. The second kappa shape index (κ2) is 6.50. The number of ether oxygens (including phenoxy) is 1. The minimum absolute atomic E-state index is 0.102. The van der Waals surface area contributed by atoms with E-state index in [-0.39, 0.29) is 5.75 Å². The van der Waals surface area contributed by atoms with E-state index in [9.17, 15) is 8.42 Å². The molecule has 0 aliphatic carbocycles. The van der Waals surface area contributed by atoms with Gasteiger partial charge in [-0.05, 0) is 29.2 Å². The minimum Gasteiger partial charge on any atom is -0.493 e. The second-order valence-corrected chi connectivity index (χ2v) is 7.34. The normalized spacial score (nSPS) is 13.6. The van der Waals surface area contributed by atoms with Crippen molar-refractivity contribution in [3.8, 4) is 5.75 Å². The fraction of sp³-hybridized carbons (Fsp3) is 0.294. The van der Waals surface area contributed by atoms with Gasteiger partial charge in [-0.1, -0.05) is 42.5 Å². The molecule has 0 unspecified atom stereocenters. The van der Waals surface area contributed by atoms with Gasteiger partial charge in [0.05, 0.1) is 12.4 Å². The third-order valence-electron chi connectivity index (χ3n) is 3.75. The molecule has 0 saturated carbocycles. The molecule has 0 spiro atoms. The van der Waals surface area contributed by atoms with Gasteiger partial charge in [0.2, 0.25) is 10.0 Å². The number of benzene rings is 2. The summed E-state index contributed by atoms with van der Waals surface area (Å²) in [6.07, 6.45) is 1.41. The Morgan fingerprint density at radius 3 is 2.68 bits per heavy atom. The Bertz CT molecular complexity index is 742.